The van der Waals surface area contributed by atoms with Gasteiger partial charge in [-0.15, -0.1) is 0 Å². The Balaban J connectivity index is 1.67. The zero-order valence-electron chi connectivity index (χ0n) is 17.6. The molecular weight excluding hydrogens is 370 g/mol. The second kappa shape index (κ2) is 7.61. The van der Waals surface area contributed by atoms with Crippen molar-refractivity contribution < 1.29 is 4.79 Å². The summed E-state index contributed by atoms with van der Waals surface area (Å²) in [5, 5.41) is 9.17. The predicted molar refractivity (Wildman–Crippen MR) is 120 cm³/mol. The minimum absolute atomic E-state index is 0.0852. The number of hydrogen-bond donors (Lipinski definition) is 1. The van der Waals surface area contributed by atoms with E-state index >= 15 is 0 Å². The summed E-state index contributed by atoms with van der Waals surface area (Å²) in [5.74, 6) is 0.838. The molecule has 1 aromatic heterocycles. The number of aromatic nitrogens is 2. The number of rotatable bonds is 4. The van der Waals surface area contributed by atoms with Crippen LogP contribution in [-0.4, -0.2) is 15.8 Å². The normalized spacial score (nSPS) is 10.9. The van der Waals surface area contributed by atoms with Crippen molar-refractivity contribution in [2.45, 2.75) is 34.1 Å². The molecule has 0 radical (unpaired) electrons. The molecule has 0 fully saturated rings. The van der Waals surface area contributed by atoms with Gasteiger partial charge in [-0.2, -0.15) is 5.26 Å². The zero-order valence-corrected chi connectivity index (χ0v) is 17.6. The summed E-state index contributed by atoms with van der Waals surface area (Å²) in [6, 6.07) is 17.7. The third-order valence-electron chi connectivity index (χ3n) is 5.64. The number of aryl methyl sites for hydroxylation is 4. The van der Waals surface area contributed by atoms with Crippen LogP contribution in [0.3, 0.4) is 0 Å². The lowest BCUT2D eigenvalue weighted by atomic mass is 9.99. The summed E-state index contributed by atoms with van der Waals surface area (Å²) in [4.78, 5) is 20.9. The first-order valence-electron chi connectivity index (χ1n) is 9.96. The summed E-state index contributed by atoms with van der Waals surface area (Å²) >= 11 is 0. The maximum absolute atomic E-state index is 12.8. The zero-order chi connectivity index (χ0) is 21.4. The Bertz CT molecular complexity index is 1320. The summed E-state index contributed by atoms with van der Waals surface area (Å²) < 4.78 is 0. The molecule has 0 unspecified atom stereocenters. The number of benzene rings is 3. The predicted octanol–water partition coefficient (Wildman–Crippen LogP) is 5.76. The van der Waals surface area contributed by atoms with E-state index in [0.717, 1.165) is 39.1 Å². The lowest BCUT2D eigenvalue weighted by molar-refractivity contribution is 0.0993. The highest BCUT2D eigenvalue weighted by Crippen LogP contribution is 2.28. The molecule has 0 spiro atoms. The minimum atomic E-state index is 0.0852. The van der Waals surface area contributed by atoms with E-state index in [1.807, 2.05) is 50.2 Å². The quantitative estimate of drug-likeness (QED) is 0.448. The largest absolute Gasteiger partial charge is 0.338 e. The second-order valence-corrected chi connectivity index (χ2v) is 7.93. The standard InChI is InChI=1S/C26H23N3O/c1-15-5-6-19(9-16(15)2)12-24(30)21-7-8-22-23(13-21)29-26(28-22)25-17(3)10-20(14-27)11-18(25)4/h5-11,13H,12H2,1-4H3,(H,28,29). The Morgan fingerprint density at radius 2 is 1.67 bits per heavy atom. The third-order valence-corrected chi connectivity index (χ3v) is 5.64. The number of nitriles is 1. The van der Waals surface area contributed by atoms with E-state index in [9.17, 15) is 10.1 Å². The van der Waals surface area contributed by atoms with Crippen molar-refractivity contribution in [2.75, 3.05) is 0 Å². The van der Waals surface area contributed by atoms with Crippen LogP contribution in [0.25, 0.3) is 22.4 Å². The van der Waals surface area contributed by atoms with Crippen LogP contribution in [0.2, 0.25) is 0 Å². The van der Waals surface area contributed by atoms with Gasteiger partial charge >= 0.3 is 0 Å². The van der Waals surface area contributed by atoms with E-state index in [1.165, 1.54) is 11.1 Å². The molecular formula is C26H23N3O. The van der Waals surface area contributed by atoms with E-state index < -0.39 is 0 Å². The first-order valence-corrected chi connectivity index (χ1v) is 9.96. The van der Waals surface area contributed by atoms with Crippen molar-refractivity contribution in [1.29, 1.82) is 5.26 Å². The van der Waals surface area contributed by atoms with Gasteiger partial charge in [0.1, 0.15) is 5.82 Å². The molecule has 0 aliphatic carbocycles. The number of nitrogens with zero attached hydrogens (tertiary/aromatic N) is 2. The van der Waals surface area contributed by atoms with Crippen molar-refractivity contribution >= 4 is 16.8 Å². The lowest BCUT2D eigenvalue weighted by Crippen LogP contribution is -2.04. The van der Waals surface area contributed by atoms with E-state index in [-0.39, 0.29) is 5.78 Å². The molecule has 0 saturated carbocycles. The van der Waals surface area contributed by atoms with Crippen molar-refractivity contribution in [1.82, 2.24) is 9.97 Å². The molecule has 30 heavy (non-hydrogen) atoms. The fourth-order valence-electron chi connectivity index (χ4n) is 3.90. The number of nitrogens with one attached hydrogen (secondary N) is 1. The molecule has 3 aromatic carbocycles. The Labute approximate surface area is 176 Å². The molecule has 0 amide bonds. The molecule has 0 bridgehead atoms. The number of ketones is 1. The van der Waals surface area contributed by atoms with Crippen molar-refractivity contribution in [2.24, 2.45) is 0 Å². The van der Waals surface area contributed by atoms with Gasteiger partial charge in [-0.3, -0.25) is 4.79 Å². The highest BCUT2D eigenvalue weighted by molar-refractivity contribution is 6.00. The first-order chi connectivity index (χ1) is 14.4. The second-order valence-electron chi connectivity index (χ2n) is 7.93. The van der Waals surface area contributed by atoms with Crippen LogP contribution < -0.4 is 0 Å². The molecule has 1 heterocycles. The number of imidazole rings is 1. The average Bonchev–Trinajstić information content (AvgIpc) is 3.12. The smallest absolute Gasteiger partial charge is 0.167 e. The molecule has 148 valence electrons. The first kappa shape index (κ1) is 19.6. The van der Waals surface area contributed by atoms with Crippen LogP contribution in [-0.2, 0) is 6.42 Å². The van der Waals surface area contributed by atoms with Crippen LogP contribution in [0, 0.1) is 39.0 Å². The fourth-order valence-corrected chi connectivity index (χ4v) is 3.90. The summed E-state index contributed by atoms with van der Waals surface area (Å²) in [6.45, 7) is 8.10. The van der Waals surface area contributed by atoms with Gasteiger partial charge in [0, 0.05) is 17.5 Å². The fraction of sp³-hybridized carbons (Fsp3) is 0.192. The van der Waals surface area contributed by atoms with Gasteiger partial charge in [-0.05, 0) is 85.8 Å². The van der Waals surface area contributed by atoms with E-state index in [1.54, 1.807) is 0 Å². The van der Waals surface area contributed by atoms with E-state index in [4.69, 9.17) is 4.98 Å². The number of H-pyrrole nitrogens is 1. The number of fused-ring (bicyclic) bond motifs is 1. The Morgan fingerprint density at radius 1 is 0.933 bits per heavy atom. The van der Waals surface area contributed by atoms with Gasteiger partial charge < -0.3 is 4.98 Å². The summed E-state index contributed by atoms with van der Waals surface area (Å²) in [7, 11) is 0. The van der Waals surface area contributed by atoms with Crippen LogP contribution in [0.15, 0.2) is 48.5 Å². The molecule has 0 aliphatic heterocycles. The number of carbonyl (C=O) groups is 1. The van der Waals surface area contributed by atoms with Gasteiger partial charge in [0.15, 0.2) is 5.78 Å². The molecule has 1 N–H and O–H groups in total. The number of aromatic amines is 1. The third kappa shape index (κ3) is 3.62. The molecule has 4 heteroatoms. The summed E-state index contributed by atoms with van der Waals surface area (Å²) in [5.41, 5.74) is 9.40. The lowest BCUT2D eigenvalue weighted by Gasteiger charge is -2.07. The molecule has 4 aromatic rings. The number of carbonyl (C=O) groups excluding carboxylic acids is 1. The Morgan fingerprint density at radius 3 is 2.33 bits per heavy atom. The van der Waals surface area contributed by atoms with Crippen LogP contribution in [0.5, 0.6) is 0 Å². The SMILES string of the molecule is Cc1ccc(CC(=O)c2ccc3nc(-c4c(C)cc(C#N)cc4C)[nH]c3c2)cc1C. The maximum Gasteiger partial charge on any atom is 0.167 e. The molecule has 0 saturated heterocycles. The monoisotopic (exact) mass is 393 g/mol. The number of Topliss-reactive ketones (excluding diaryl/α,β-unsaturated/α-hetero) is 1. The molecule has 4 rings (SSSR count). The van der Waals surface area contributed by atoms with E-state index in [0.29, 0.717) is 17.5 Å². The molecule has 4 nitrogen and oxygen atoms in total. The van der Waals surface area contributed by atoms with Gasteiger partial charge in [0.25, 0.3) is 0 Å². The van der Waals surface area contributed by atoms with Crippen LogP contribution >= 0.6 is 0 Å². The van der Waals surface area contributed by atoms with Gasteiger partial charge in [-0.1, -0.05) is 18.2 Å². The van der Waals surface area contributed by atoms with Crippen molar-refractivity contribution in [3.63, 3.8) is 0 Å². The topological polar surface area (TPSA) is 69.5 Å². The van der Waals surface area contributed by atoms with Crippen LogP contribution in [0.1, 0.15) is 43.7 Å². The average molecular weight is 393 g/mol. The van der Waals surface area contributed by atoms with E-state index in [2.05, 4.69) is 37.0 Å². The molecule has 0 atom stereocenters. The van der Waals surface area contributed by atoms with Crippen LogP contribution in [0.4, 0.5) is 0 Å². The maximum atomic E-state index is 12.8. The Kier molecular flexibility index (Phi) is 4.97. The minimum Gasteiger partial charge on any atom is -0.338 e. The number of hydrogen-bond acceptors (Lipinski definition) is 3. The highest BCUT2D eigenvalue weighted by Gasteiger charge is 2.14. The summed E-state index contributed by atoms with van der Waals surface area (Å²) in [6.07, 6.45) is 0.376. The van der Waals surface area contributed by atoms with Gasteiger partial charge in [0.2, 0.25) is 0 Å². The van der Waals surface area contributed by atoms with Gasteiger partial charge in [0.05, 0.1) is 22.7 Å². The molecule has 0 aliphatic rings. The van der Waals surface area contributed by atoms with Crippen molar-refractivity contribution in [3.05, 3.63) is 87.5 Å². The highest BCUT2D eigenvalue weighted by atomic mass is 16.1. The Hall–Kier alpha value is -3.71. The van der Waals surface area contributed by atoms with Crippen molar-refractivity contribution in [3.8, 4) is 17.5 Å². The van der Waals surface area contributed by atoms with Gasteiger partial charge in [-0.25, -0.2) is 4.98 Å².